The van der Waals surface area contributed by atoms with Crippen molar-refractivity contribution in [3.8, 4) is 0 Å². The van der Waals surface area contributed by atoms with Crippen molar-refractivity contribution in [3.63, 3.8) is 0 Å². The van der Waals surface area contributed by atoms with Crippen molar-refractivity contribution in [2.24, 2.45) is 5.73 Å². The third kappa shape index (κ3) is 5.45. The largest absolute Gasteiger partial charge is 0.406 e. The van der Waals surface area contributed by atoms with E-state index in [0.29, 0.717) is 17.1 Å². The van der Waals surface area contributed by atoms with Crippen molar-refractivity contribution in [1.82, 2.24) is 4.90 Å². The molecule has 0 spiro atoms. The molecule has 0 saturated carbocycles. The summed E-state index contributed by atoms with van der Waals surface area (Å²) in [6.07, 6.45) is -4.52. The second kappa shape index (κ2) is 7.11. The lowest BCUT2D eigenvalue weighted by Crippen LogP contribution is -2.43. The fourth-order valence-electron chi connectivity index (χ4n) is 1.52. The smallest absolute Gasteiger partial charge is 0.395 e. The molecule has 0 aliphatic heterocycles. The molecule has 20 heavy (non-hydrogen) atoms. The van der Waals surface area contributed by atoms with Gasteiger partial charge in [0.05, 0.1) is 6.61 Å². The molecule has 0 fully saturated rings. The fourth-order valence-corrected chi connectivity index (χ4v) is 1.52. The monoisotopic (exact) mass is 291 g/mol. The second-order valence-corrected chi connectivity index (χ2v) is 4.09. The van der Waals surface area contributed by atoms with Gasteiger partial charge in [0.25, 0.3) is 0 Å². The van der Waals surface area contributed by atoms with Crippen molar-refractivity contribution < 1.29 is 23.1 Å². The predicted octanol–water partition coefficient (Wildman–Crippen LogP) is 1.53. The van der Waals surface area contributed by atoms with E-state index < -0.39 is 31.9 Å². The number of alkyl halides is 3. The first-order valence-corrected chi connectivity index (χ1v) is 5.88. The number of urea groups is 1. The van der Waals surface area contributed by atoms with Crippen LogP contribution in [0.4, 0.5) is 23.7 Å². The summed E-state index contributed by atoms with van der Waals surface area (Å²) in [5, 5.41) is 11.0. The first kappa shape index (κ1) is 16.3. The molecule has 0 aliphatic rings. The summed E-state index contributed by atoms with van der Waals surface area (Å²) < 4.78 is 36.9. The average molecular weight is 291 g/mol. The molecule has 0 saturated heterocycles. The third-order valence-electron chi connectivity index (χ3n) is 2.47. The maximum absolute atomic E-state index is 12.3. The lowest BCUT2D eigenvalue weighted by atomic mass is 10.2. The molecule has 2 amide bonds. The number of anilines is 1. The van der Waals surface area contributed by atoms with Crippen molar-refractivity contribution in [2.45, 2.75) is 12.7 Å². The van der Waals surface area contributed by atoms with Crippen molar-refractivity contribution >= 4 is 11.7 Å². The number of amides is 2. The minimum atomic E-state index is -4.52. The molecular formula is C12H16F3N3O2. The Kier molecular flexibility index (Phi) is 5.78. The number of benzene rings is 1. The van der Waals surface area contributed by atoms with Gasteiger partial charge in [-0.2, -0.15) is 13.2 Å². The zero-order valence-corrected chi connectivity index (χ0v) is 10.7. The Morgan fingerprint density at radius 1 is 1.30 bits per heavy atom. The Bertz CT molecular complexity index is 435. The third-order valence-corrected chi connectivity index (χ3v) is 2.47. The zero-order valence-electron chi connectivity index (χ0n) is 10.7. The normalized spacial score (nSPS) is 11.2. The Morgan fingerprint density at radius 3 is 2.35 bits per heavy atom. The van der Waals surface area contributed by atoms with Gasteiger partial charge in [-0.05, 0) is 17.7 Å². The SMILES string of the molecule is NCc1ccc(NC(=O)N(CCO)CC(F)(F)F)cc1. The Labute approximate surface area is 114 Å². The predicted molar refractivity (Wildman–Crippen MR) is 68.1 cm³/mol. The molecule has 1 aromatic rings. The summed E-state index contributed by atoms with van der Waals surface area (Å²) in [6, 6.07) is 5.50. The van der Waals surface area contributed by atoms with Crippen LogP contribution in [0, 0.1) is 0 Å². The quantitative estimate of drug-likeness (QED) is 0.770. The van der Waals surface area contributed by atoms with Gasteiger partial charge in [-0.1, -0.05) is 12.1 Å². The number of hydrogen-bond acceptors (Lipinski definition) is 3. The van der Waals surface area contributed by atoms with Crippen LogP contribution in [0.5, 0.6) is 0 Å². The van der Waals surface area contributed by atoms with Crippen molar-refractivity contribution in [3.05, 3.63) is 29.8 Å². The van der Waals surface area contributed by atoms with E-state index in [0.717, 1.165) is 5.56 Å². The molecule has 112 valence electrons. The Hall–Kier alpha value is -1.80. The van der Waals surface area contributed by atoms with E-state index in [2.05, 4.69) is 5.32 Å². The molecule has 1 rings (SSSR count). The average Bonchev–Trinajstić information content (AvgIpc) is 2.37. The molecule has 0 unspecified atom stereocenters. The van der Waals surface area contributed by atoms with E-state index in [-0.39, 0.29) is 0 Å². The number of halogens is 3. The van der Waals surface area contributed by atoms with Gasteiger partial charge in [-0.15, -0.1) is 0 Å². The molecule has 0 aromatic heterocycles. The topological polar surface area (TPSA) is 78.6 Å². The van der Waals surface area contributed by atoms with Crippen LogP contribution in [0.25, 0.3) is 0 Å². The summed E-state index contributed by atoms with van der Waals surface area (Å²) in [7, 11) is 0. The highest BCUT2D eigenvalue weighted by Gasteiger charge is 2.32. The summed E-state index contributed by atoms with van der Waals surface area (Å²) in [5.41, 5.74) is 6.61. The van der Waals surface area contributed by atoms with E-state index in [9.17, 15) is 18.0 Å². The van der Waals surface area contributed by atoms with Gasteiger partial charge >= 0.3 is 12.2 Å². The number of aliphatic hydroxyl groups is 1. The molecule has 1 aromatic carbocycles. The number of carbonyl (C=O) groups excluding carboxylic acids is 1. The standard InChI is InChI=1S/C12H16F3N3O2/c13-12(14,15)8-18(5-6-19)11(20)17-10-3-1-9(7-16)2-4-10/h1-4,19H,5-8,16H2,(H,17,20). The van der Waals surface area contributed by atoms with E-state index in [1.165, 1.54) is 0 Å². The van der Waals surface area contributed by atoms with Gasteiger partial charge in [0.2, 0.25) is 0 Å². The number of hydrogen-bond donors (Lipinski definition) is 3. The molecule has 5 nitrogen and oxygen atoms in total. The fraction of sp³-hybridized carbons (Fsp3) is 0.417. The Balaban J connectivity index is 2.69. The molecule has 0 heterocycles. The lowest BCUT2D eigenvalue weighted by molar-refractivity contribution is -0.140. The molecule has 0 aliphatic carbocycles. The van der Waals surface area contributed by atoms with Crippen LogP contribution in [-0.4, -0.2) is 41.9 Å². The van der Waals surface area contributed by atoms with Crippen LogP contribution in [0.2, 0.25) is 0 Å². The maximum Gasteiger partial charge on any atom is 0.406 e. The van der Waals surface area contributed by atoms with E-state index in [1.807, 2.05) is 0 Å². The van der Waals surface area contributed by atoms with Crippen LogP contribution in [0.3, 0.4) is 0 Å². The molecule has 0 radical (unpaired) electrons. The number of nitrogens with one attached hydrogen (secondary N) is 1. The summed E-state index contributed by atoms with van der Waals surface area (Å²) in [6.45, 7) is -2.03. The second-order valence-electron chi connectivity index (χ2n) is 4.09. The van der Waals surface area contributed by atoms with Crippen LogP contribution >= 0.6 is 0 Å². The first-order chi connectivity index (χ1) is 9.35. The van der Waals surface area contributed by atoms with Crippen LogP contribution in [0.1, 0.15) is 5.56 Å². The van der Waals surface area contributed by atoms with E-state index in [1.54, 1.807) is 24.3 Å². The summed E-state index contributed by atoms with van der Waals surface area (Å²) in [5.74, 6) is 0. The zero-order chi connectivity index (χ0) is 15.2. The van der Waals surface area contributed by atoms with Gasteiger partial charge < -0.3 is 21.1 Å². The molecule has 0 atom stereocenters. The number of nitrogens with zero attached hydrogens (tertiary/aromatic N) is 1. The highest BCUT2D eigenvalue weighted by Crippen LogP contribution is 2.17. The van der Waals surface area contributed by atoms with Crippen LogP contribution in [0.15, 0.2) is 24.3 Å². The molecule has 4 N–H and O–H groups in total. The van der Waals surface area contributed by atoms with Gasteiger partial charge in [-0.25, -0.2) is 4.79 Å². The van der Waals surface area contributed by atoms with Crippen molar-refractivity contribution in [2.75, 3.05) is 25.0 Å². The molecular weight excluding hydrogens is 275 g/mol. The van der Waals surface area contributed by atoms with Crippen molar-refractivity contribution in [1.29, 1.82) is 0 Å². The van der Waals surface area contributed by atoms with Crippen LogP contribution in [-0.2, 0) is 6.54 Å². The van der Waals surface area contributed by atoms with E-state index >= 15 is 0 Å². The van der Waals surface area contributed by atoms with Gasteiger partial charge in [0.1, 0.15) is 6.54 Å². The summed E-state index contributed by atoms with van der Waals surface area (Å²) in [4.78, 5) is 12.2. The van der Waals surface area contributed by atoms with E-state index in [4.69, 9.17) is 10.8 Å². The van der Waals surface area contributed by atoms with Gasteiger partial charge in [-0.3, -0.25) is 0 Å². The lowest BCUT2D eigenvalue weighted by Gasteiger charge is -2.23. The molecule has 8 heteroatoms. The summed E-state index contributed by atoms with van der Waals surface area (Å²) >= 11 is 0. The maximum atomic E-state index is 12.3. The minimum Gasteiger partial charge on any atom is -0.395 e. The highest BCUT2D eigenvalue weighted by molar-refractivity contribution is 5.89. The van der Waals surface area contributed by atoms with Crippen LogP contribution < -0.4 is 11.1 Å². The molecule has 0 bridgehead atoms. The number of rotatable bonds is 5. The highest BCUT2D eigenvalue weighted by atomic mass is 19.4. The van der Waals surface area contributed by atoms with Gasteiger partial charge in [0, 0.05) is 18.8 Å². The minimum absolute atomic E-state index is 0.332. The number of carbonyl (C=O) groups is 1. The van der Waals surface area contributed by atoms with Gasteiger partial charge in [0.15, 0.2) is 0 Å². The Morgan fingerprint density at radius 2 is 1.90 bits per heavy atom. The number of aliphatic hydroxyl groups excluding tert-OH is 1. The number of nitrogens with two attached hydrogens (primary N) is 1. The first-order valence-electron chi connectivity index (χ1n) is 5.88.